The molecule has 0 aliphatic carbocycles. The Hall–Kier alpha value is -4.79. The smallest absolute Gasteiger partial charge is 0.252 e. The molecule has 0 saturated heterocycles. The van der Waals surface area contributed by atoms with Crippen LogP contribution in [-0.2, 0) is 22.6 Å². The van der Waals surface area contributed by atoms with E-state index < -0.39 is 11.6 Å². The van der Waals surface area contributed by atoms with Crippen molar-refractivity contribution in [2.45, 2.75) is 37.6 Å². The van der Waals surface area contributed by atoms with Gasteiger partial charge in [-0.15, -0.1) is 6.58 Å². The Bertz CT molecular complexity index is 1450. The summed E-state index contributed by atoms with van der Waals surface area (Å²) in [6, 6.07) is 22.6. The molecule has 0 aromatic heterocycles. The number of amides is 1. The van der Waals surface area contributed by atoms with Crippen LogP contribution in [0.15, 0.2) is 95.6 Å². The fourth-order valence-electron chi connectivity index (χ4n) is 4.80. The number of anilines is 1. The molecule has 218 valence electrons. The summed E-state index contributed by atoms with van der Waals surface area (Å²) in [7, 11) is 3.95. The van der Waals surface area contributed by atoms with E-state index in [2.05, 4.69) is 21.9 Å². The maximum atomic E-state index is 14.1. The summed E-state index contributed by atoms with van der Waals surface area (Å²) in [6.07, 6.45) is 1.62. The Morgan fingerprint density at radius 1 is 1.19 bits per heavy atom. The molecule has 0 unspecified atom stereocenters. The predicted molar refractivity (Wildman–Crippen MR) is 163 cm³/mol. The van der Waals surface area contributed by atoms with Crippen molar-refractivity contribution < 1.29 is 19.4 Å². The minimum atomic E-state index is -1.36. The van der Waals surface area contributed by atoms with Gasteiger partial charge in [0.2, 0.25) is 5.90 Å². The number of nitrogens with one attached hydrogen (secondary N) is 1. The SMILES string of the molecule is C=CC[C@@]1(C(=O)NCc2ccc(N(C)C)cc2)N=C(c2ccc(OCCCO)cc2)O[C@@H]1c1ccccc1CN=[N+]=[N-]. The summed E-state index contributed by atoms with van der Waals surface area (Å²) in [5, 5.41) is 15.8. The lowest BCUT2D eigenvalue weighted by atomic mass is 9.82. The number of aliphatic imine (C=N–C) groups is 1. The van der Waals surface area contributed by atoms with Gasteiger partial charge in [0.15, 0.2) is 11.6 Å². The number of rotatable bonds is 14. The third kappa shape index (κ3) is 6.91. The van der Waals surface area contributed by atoms with Gasteiger partial charge < -0.3 is 24.8 Å². The molecule has 42 heavy (non-hydrogen) atoms. The highest BCUT2D eigenvalue weighted by molar-refractivity contribution is 6.01. The van der Waals surface area contributed by atoms with Gasteiger partial charge in [0.05, 0.1) is 13.2 Å². The van der Waals surface area contributed by atoms with Gasteiger partial charge in [0, 0.05) is 56.3 Å². The summed E-state index contributed by atoms with van der Waals surface area (Å²) in [5.74, 6) is 0.659. The van der Waals surface area contributed by atoms with Gasteiger partial charge in [0.1, 0.15) is 5.75 Å². The number of nitrogens with zero attached hydrogens (tertiary/aromatic N) is 5. The zero-order valence-electron chi connectivity index (χ0n) is 23.9. The number of carbonyl (C=O) groups excluding carboxylic acids is 1. The minimum Gasteiger partial charge on any atom is -0.494 e. The lowest BCUT2D eigenvalue weighted by Crippen LogP contribution is -2.48. The van der Waals surface area contributed by atoms with E-state index in [9.17, 15) is 4.79 Å². The van der Waals surface area contributed by atoms with Gasteiger partial charge in [-0.1, -0.05) is 47.6 Å². The number of hydrogen-bond donors (Lipinski definition) is 2. The van der Waals surface area contributed by atoms with E-state index in [1.54, 1.807) is 18.2 Å². The molecular weight excluding hydrogens is 532 g/mol. The molecule has 1 aliphatic heterocycles. The van der Waals surface area contributed by atoms with Crippen molar-refractivity contribution in [1.82, 2.24) is 5.32 Å². The topological polar surface area (TPSA) is 132 Å². The second kappa shape index (κ2) is 14.2. The first kappa shape index (κ1) is 30.2. The van der Waals surface area contributed by atoms with Crippen LogP contribution < -0.4 is 15.0 Å². The van der Waals surface area contributed by atoms with Crippen LogP contribution in [0.25, 0.3) is 10.4 Å². The maximum absolute atomic E-state index is 14.1. The Morgan fingerprint density at radius 3 is 2.60 bits per heavy atom. The zero-order chi connectivity index (χ0) is 30.0. The summed E-state index contributed by atoms with van der Waals surface area (Å²) < 4.78 is 12.2. The Morgan fingerprint density at radius 2 is 1.93 bits per heavy atom. The first-order valence-electron chi connectivity index (χ1n) is 13.8. The van der Waals surface area contributed by atoms with Crippen molar-refractivity contribution in [1.29, 1.82) is 0 Å². The second-order valence-electron chi connectivity index (χ2n) is 10.1. The third-order valence-electron chi connectivity index (χ3n) is 7.03. The summed E-state index contributed by atoms with van der Waals surface area (Å²) in [4.78, 5) is 24.0. The molecule has 1 heterocycles. The van der Waals surface area contributed by atoms with Crippen LogP contribution in [0.4, 0.5) is 5.69 Å². The van der Waals surface area contributed by atoms with Crippen molar-refractivity contribution in [3.05, 3.63) is 118 Å². The van der Waals surface area contributed by atoms with Crippen LogP contribution in [0.5, 0.6) is 5.75 Å². The maximum Gasteiger partial charge on any atom is 0.252 e. The van der Waals surface area contributed by atoms with E-state index in [1.807, 2.05) is 79.7 Å². The molecule has 1 aliphatic rings. The zero-order valence-corrected chi connectivity index (χ0v) is 23.9. The van der Waals surface area contributed by atoms with Crippen LogP contribution in [0.3, 0.4) is 0 Å². The van der Waals surface area contributed by atoms with E-state index in [0.29, 0.717) is 42.3 Å². The van der Waals surface area contributed by atoms with Crippen molar-refractivity contribution >= 4 is 17.5 Å². The minimum absolute atomic E-state index is 0.0557. The van der Waals surface area contributed by atoms with E-state index in [4.69, 9.17) is 25.1 Å². The van der Waals surface area contributed by atoms with Crippen LogP contribution in [0, 0.1) is 0 Å². The highest BCUT2D eigenvalue weighted by atomic mass is 16.5. The molecule has 10 nitrogen and oxygen atoms in total. The lowest BCUT2D eigenvalue weighted by Gasteiger charge is -2.30. The molecule has 0 fully saturated rings. The van der Waals surface area contributed by atoms with Crippen LogP contribution in [-0.4, -0.2) is 49.8 Å². The van der Waals surface area contributed by atoms with Gasteiger partial charge in [-0.2, -0.15) is 0 Å². The van der Waals surface area contributed by atoms with Crippen LogP contribution >= 0.6 is 0 Å². The average Bonchev–Trinajstić information content (AvgIpc) is 3.40. The van der Waals surface area contributed by atoms with Crippen molar-refractivity contribution in [3.8, 4) is 5.75 Å². The van der Waals surface area contributed by atoms with Crippen LogP contribution in [0.2, 0.25) is 0 Å². The van der Waals surface area contributed by atoms with Crippen molar-refractivity contribution in [2.24, 2.45) is 10.1 Å². The molecule has 2 atom stereocenters. The first-order chi connectivity index (χ1) is 20.4. The normalized spacial score (nSPS) is 17.4. The number of ether oxygens (including phenoxy) is 2. The average molecular weight is 569 g/mol. The van der Waals surface area contributed by atoms with Gasteiger partial charge >= 0.3 is 0 Å². The van der Waals surface area contributed by atoms with Gasteiger partial charge in [-0.05, 0) is 58.6 Å². The van der Waals surface area contributed by atoms with Crippen LogP contribution in [0.1, 0.15) is 41.2 Å². The Balaban J connectivity index is 1.70. The Kier molecular flexibility index (Phi) is 10.2. The second-order valence-corrected chi connectivity index (χ2v) is 10.1. The highest BCUT2D eigenvalue weighted by Gasteiger charge is 2.52. The highest BCUT2D eigenvalue weighted by Crippen LogP contribution is 2.44. The number of benzene rings is 3. The molecular formula is C32H36N6O4. The molecule has 0 spiro atoms. The fraction of sp³-hybridized carbons (Fsp3) is 0.312. The van der Waals surface area contributed by atoms with Crippen molar-refractivity contribution in [2.75, 3.05) is 32.2 Å². The van der Waals surface area contributed by atoms with Gasteiger partial charge in [-0.3, -0.25) is 4.79 Å². The van der Waals surface area contributed by atoms with E-state index in [-0.39, 0.29) is 25.5 Å². The monoisotopic (exact) mass is 568 g/mol. The molecule has 1 amide bonds. The van der Waals surface area contributed by atoms with Crippen molar-refractivity contribution in [3.63, 3.8) is 0 Å². The quantitative estimate of drug-likeness (QED) is 0.0875. The molecule has 3 aromatic rings. The largest absolute Gasteiger partial charge is 0.494 e. The summed E-state index contributed by atoms with van der Waals surface area (Å²) in [5.41, 5.74) is 11.7. The molecule has 10 heteroatoms. The fourth-order valence-corrected chi connectivity index (χ4v) is 4.80. The van der Waals surface area contributed by atoms with E-state index >= 15 is 0 Å². The van der Waals surface area contributed by atoms with E-state index in [1.165, 1.54) is 0 Å². The molecule has 0 radical (unpaired) electrons. The van der Waals surface area contributed by atoms with Gasteiger partial charge in [-0.25, -0.2) is 4.99 Å². The van der Waals surface area contributed by atoms with E-state index in [0.717, 1.165) is 16.8 Å². The standard InChI is InChI=1S/C32H36N6O4/c1-4-18-32(31(40)34-21-23-10-14-26(15-11-23)38(2)3)29(28-9-6-5-8-25(28)22-35-37-33)42-30(36-32)24-12-16-27(17-13-24)41-20-7-19-39/h4-6,8-17,29,39H,1,7,18-22H2,2-3H3,(H,34,40)/t29-,32-/m1/s1. The summed E-state index contributed by atoms with van der Waals surface area (Å²) >= 11 is 0. The third-order valence-corrected chi connectivity index (χ3v) is 7.03. The molecule has 3 aromatic carbocycles. The predicted octanol–water partition coefficient (Wildman–Crippen LogP) is 5.47. The number of azide groups is 1. The lowest BCUT2D eigenvalue weighted by molar-refractivity contribution is -0.129. The molecule has 2 N–H and O–H groups in total. The Labute approximate surface area is 245 Å². The number of aliphatic hydroxyl groups is 1. The molecule has 0 bridgehead atoms. The van der Waals surface area contributed by atoms with Gasteiger partial charge in [0.25, 0.3) is 5.91 Å². The molecule has 0 saturated carbocycles. The molecule has 4 rings (SSSR count). The number of carbonyl (C=O) groups is 1. The number of hydrogen-bond acceptors (Lipinski definition) is 7. The summed E-state index contributed by atoms with van der Waals surface area (Å²) in [6.45, 7) is 4.80. The first-order valence-corrected chi connectivity index (χ1v) is 13.8. The number of aliphatic hydroxyl groups excluding tert-OH is 1.